The summed E-state index contributed by atoms with van der Waals surface area (Å²) in [5.74, 6) is -0.627. The van der Waals surface area contributed by atoms with E-state index in [0.29, 0.717) is 11.3 Å². The molecule has 1 rings (SSSR count). The third-order valence-corrected chi connectivity index (χ3v) is 3.49. The van der Waals surface area contributed by atoms with Gasteiger partial charge in [-0.25, -0.2) is 4.79 Å². The van der Waals surface area contributed by atoms with Crippen LogP contribution < -0.4 is 5.73 Å². The van der Waals surface area contributed by atoms with Crippen molar-refractivity contribution in [1.82, 2.24) is 0 Å². The van der Waals surface area contributed by atoms with Crippen LogP contribution in [0.5, 0.6) is 0 Å². The molecule has 0 heterocycles. The average molecular weight is 311 g/mol. The molecule has 21 heavy (non-hydrogen) atoms. The number of methoxy groups -OCH3 is 1. The van der Waals surface area contributed by atoms with Crippen LogP contribution >= 0.6 is 11.8 Å². The zero-order valence-corrected chi connectivity index (χ0v) is 13.8. The molecule has 0 bridgehead atoms. The van der Waals surface area contributed by atoms with E-state index in [9.17, 15) is 9.59 Å². The standard InChI is InChI=1S/C15H21NO4S/c1-9-6-10(7-11(13(9)16)14(18)19-5)21-8-12(17)20-15(2,3)4/h6-7H,8,16H2,1-5H3. The van der Waals surface area contributed by atoms with Gasteiger partial charge < -0.3 is 15.2 Å². The van der Waals surface area contributed by atoms with Gasteiger partial charge in [-0.1, -0.05) is 0 Å². The summed E-state index contributed by atoms with van der Waals surface area (Å²) in [7, 11) is 1.30. The van der Waals surface area contributed by atoms with Crippen LogP contribution in [-0.4, -0.2) is 30.4 Å². The molecule has 0 atom stereocenters. The Morgan fingerprint density at radius 2 is 1.90 bits per heavy atom. The van der Waals surface area contributed by atoms with E-state index in [1.54, 1.807) is 13.0 Å². The Kier molecular flexibility index (Phi) is 5.66. The van der Waals surface area contributed by atoms with Crippen LogP contribution in [0.15, 0.2) is 17.0 Å². The minimum absolute atomic E-state index is 0.168. The molecule has 6 heteroatoms. The first kappa shape index (κ1) is 17.4. The number of anilines is 1. The Bertz CT molecular complexity index is 549. The van der Waals surface area contributed by atoms with E-state index < -0.39 is 11.6 Å². The zero-order chi connectivity index (χ0) is 16.2. The minimum atomic E-state index is -0.508. The Morgan fingerprint density at radius 3 is 2.43 bits per heavy atom. The lowest BCUT2D eigenvalue weighted by molar-refractivity contribution is -0.151. The maximum Gasteiger partial charge on any atom is 0.340 e. The SMILES string of the molecule is COC(=O)c1cc(SCC(=O)OC(C)(C)C)cc(C)c1N. The number of ether oxygens (including phenoxy) is 2. The lowest BCUT2D eigenvalue weighted by Crippen LogP contribution is -2.24. The van der Waals surface area contributed by atoms with Gasteiger partial charge in [0.1, 0.15) is 5.60 Å². The van der Waals surface area contributed by atoms with Crippen LogP contribution in [0.2, 0.25) is 0 Å². The number of esters is 2. The zero-order valence-electron chi connectivity index (χ0n) is 13.0. The van der Waals surface area contributed by atoms with Crippen LogP contribution in [0.25, 0.3) is 0 Å². The normalized spacial score (nSPS) is 11.1. The van der Waals surface area contributed by atoms with Crippen molar-refractivity contribution in [1.29, 1.82) is 0 Å². The molecule has 0 unspecified atom stereocenters. The van der Waals surface area contributed by atoms with Gasteiger partial charge in [-0.15, -0.1) is 11.8 Å². The second kappa shape index (κ2) is 6.85. The minimum Gasteiger partial charge on any atom is -0.465 e. The summed E-state index contributed by atoms with van der Waals surface area (Å²) in [6.07, 6.45) is 0. The quantitative estimate of drug-likeness (QED) is 0.523. The van der Waals surface area contributed by atoms with E-state index in [2.05, 4.69) is 0 Å². The molecule has 0 radical (unpaired) electrons. The fourth-order valence-electron chi connectivity index (χ4n) is 1.64. The van der Waals surface area contributed by atoms with Crippen molar-refractivity contribution >= 4 is 29.4 Å². The van der Waals surface area contributed by atoms with E-state index in [0.717, 1.165) is 10.5 Å². The second-order valence-corrected chi connectivity index (χ2v) is 6.62. The molecular weight excluding hydrogens is 290 g/mol. The van der Waals surface area contributed by atoms with Crippen LogP contribution in [0.1, 0.15) is 36.7 Å². The monoisotopic (exact) mass is 311 g/mol. The van der Waals surface area contributed by atoms with Crippen LogP contribution in [-0.2, 0) is 14.3 Å². The molecule has 0 aliphatic heterocycles. The summed E-state index contributed by atoms with van der Waals surface area (Å²) >= 11 is 1.30. The van der Waals surface area contributed by atoms with E-state index in [-0.39, 0.29) is 11.7 Å². The molecule has 5 nitrogen and oxygen atoms in total. The first-order valence-electron chi connectivity index (χ1n) is 6.47. The number of nitrogens with two attached hydrogens (primary N) is 1. The van der Waals surface area contributed by atoms with Gasteiger partial charge in [-0.2, -0.15) is 0 Å². The molecule has 0 saturated heterocycles. The lowest BCUT2D eigenvalue weighted by atomic mass is 10.1. The molecule has 0 saturated carbocycles. The number of carbonyl (C=O) groups excluding carboxylic acids is 2. The molecule has 1 aromatic carbocycles. The molecule has 0 aromatic heterocycles. The Balaban J connectivity index is 2.83. The third-order valence-electron chi connectivity index (χ3n) is 2.54. The predicted molar refractivity (Wildman–Crippen MR) is 83.5 cm³/mol. The van der Waals surface area contributed by atoms with Crippen molar-refractivity contribution in [2.45, 2.75) is 38.2 Å². The summed E-state index contributed by atoms with van der Waals surface area (Å²) in [5, 5.41) is 0. The number of hydrogen-bond acceptors (Lipinski definition) is 6. The number of aryl methyl sites for hydroxylation is 1. The second-order valence-electron chi connectivity index (χ2n) is 5.57. The van der Waals surface area contributed by atoms with Gasteiger partial charge in [0.15, 0.2) is 0 Å². The fourth-order valence-corrected chi connectivity index (χ4v) is 2.45. The van der Waals surface area contributed by atoms with E-state index >= 15 is 0 Å². The Morgan fingerprint density at radius 1 is 1.29 bits per heavy atom. The van der Waals surface area contributed by atoms with Crippen LogP contribution in [0.4, 0.5) is 5.69 Å². The van der Waals surface area contributed by atoms with E-state index in [1.807, 2.05) is 26.8 Å². The van der Waals surface area contributed by atoms with Crippen molar-refractivity contribution < 1.29 is 19.1 Å². The van der Waals surface area contributed by atoms with Gasteiger partial charge in [0, 0.05) is 10.6 Å². The van der Waals surface area contributed by atoms with Crippen molar-refractivity contribution in [3.05, 3.63) is 23.3 Å². The van der Waals surface area contributed by atoms with Crippen molar-refractivity contribution in [2.24, 2.45) is 0 Å². The lowest BCUT2D eigenvalue weighted by Gasteiger charge is -2.19. The summed E-state index contributed by atoms with van der Waals surface area (Å²) in [5.41, 5.74) is 6.83. The maximum atomic E-state index is 11.7. The summed E-state index contributed by atoms with van der Waals surface area (Å²) in [4.78, 5) is 24.1. The van der Waals surface area contributed by atoms with E-state index in [4.69, 9.17) is 15.2 Å². The topological polar surface area (TPSA) is 78.6 Å². The molecule has 116 valence electrons. The fraction of sp³-hybridized carbons (Fsp3) is 0.467. The van der Waals surface area contributed by atoms with Gasteiger partial charge in [0.2, 0.25) is 0 Å². The molecule has 0 spiro atoms. The smallest absolute Gasteiger partial charge is 0.340 e. The molecule has 0 amide bonds. The average Bonchev–Trinajstić information content (AvgIpc) is 2.37. The molecule has 0 aliphatic carbocycles. The Labute approximate surface area is 129 Å². The third kappa shape index (κ3) is 5.30. The van der Waals surface area contributed by atoms with Crippen molar-refractivity contribution in [3.8, 4) is 0 Å². The molecule has 2 N–H and O–H groups in total. The molecule has 1 aromatic rings. The number of nitrogen functional groups attached to an aromatic ring is 1. The van der Waals surface area contributed by atoms with Crippen LogP contribution in [0.3, 0.4) is 0 Å². The highest BCUT2D eigenvalue weighted by Crippen LogP contribution is 2.27. The number of carbonyl (C=O) groups is 2. The molecule has 0 aliphatic rings. The largest absolute Gasteiger partial charge is 0.465 e. The summed E-state index contributed by atoms with van der Waals surface area (Å²) in [6, 6.07) is 3.46. The van der Waals surface area contributed by atoms with E-state index in [1.165, 1.54) is 18.9 Å². The first-order valence-corrected chi connectivity index (χ1v) is 7.45. The molecule has 0 fully saturated rings. The summed E-state index contributed by atoms with van der Waals surface area (Å²) in [6.45, 7) is 7.26. The number of rotatable bonds is 4. The molecular formula is C15H21NO4S. The number of benzene rings is 1. The van der Waals surface area contributed by atoms with Crippen molar-refractivity contribution in [2.75, 3.05) is 18.6 Å². The first-order chi connectivity index (χ1) is 9.64. The van der Waals surface area contributed by atoms with Gasteiger partial charge >= 0.3 is 11.9 Å². The van der Waals surface area contributed by atoms with Gasteiger partial charge in [-0.3, -0.25) is 4.79 Å². The highest BCUT2D eigenvalue weighted by molar-refractivity contribution is 8.00. The highest BCUT2D eigenvalue weighted by Gasteiger charge is 2.18. The number of thioether (sulfide) groups is 1. The van der Waals surface area contributed by atoms with Gasteiger partial charge in [0.25, 0.3) is 0 Å². The predicted octanol–water partition coefficient (Wildman–Crippen LogP) is 2.80. The Hall–Kier alpha value is -1.69. The maximum absolute atomic E-state index is 11.7. The highest BCUT2D eigenvalue weighted by atomic mass is 32.2. The van der Waals surface area contributed by atoms with Gasteiger partial charge in [-0.05, 0) is 45.4 Å². The summed E-state index contributed by atoms with van der Waals surface area (Å²) < 4.78 is 9.93. The van der Waals surface area contributed by atoms with Gasteiger partial charge in [0.05, 0.1) is 18.4 Å². The van der Waals surface area contributed by atoms with Crippen molar-refractivity contribution in [3.63, 3.8) is 0 Å². The van der Waals surface area contributed by atoms with Crippen LogP contribution in [0, 0.1) is 6.92 Å². The number of hydrogen-bond donors (Lipinski definition) is 1.